The standard InChI is InChI=1S/C17H19BrO3/c1-20-12-21-17(14-7-9-15(18)10-8-14)16(11-19)13-5-3-2-4-6-13/h2-10,16-17,19H,11-12H2,1H3/t16-,17+/m1/s1. The van der Waals surface area contributed by atoms with Crippen molar-refractivity contribution in [2.24, 2.45) is 0 Å². The molecule has 4 heteroatoms. The third-order valence-electron chi connectivity index (χ3n) is 3.35. The smallest absolute Gasteiger partial charge is 0.147 e. The van der Waals surface area contributed by atoms with Crippen LogP contribution in [0.15, 0.2) is 59.1 Å². The van der Waals surface area contributed by atoms with Crippen molar-refractivity contribution < 1.29 is 14.6 Å². The minimum Gasteiger partial charge on any atom is -0.396 e. The molecule has 2 aromatic carbocycles. The summed E-state index contributed by atoms with van der Waals surface area (Å²) in [5.74, 6) is -0.137. The zero-order valence-electron chi connectivity index (χ0n) is 11.9. The summed E-state index contributed by atoms with van der Waals surface area (Å²) in [6.07, 6.45) is -0.259. The van der Waals surface area contributed by atoms with Crippen LogP contribution in [0.5, 0.6) is 0 Å². The average Bonchev–Trinajstić information content (AvgIpc) is 2.53. The molecular formula is C17H19BrO3. The number of aliphatic hydroxyl groups is 1. The molecule has 0 radical (unpaired) electrons. The highest BCUT2D eigenvalue weighted by Gasteiger charge is 2.25. The fourth-order valence-corrected chi connectivity index (χ4v) is 2.58. The second-order valence-corrected chi connectivity index (χ2v) is 5.66. The summed E-state index contributed by atoms with van der Waals surface area (Å²) in [5.41, 5.74) is 2.06. The molecule has 2 rings (SSSR count). The minimum absolute atomic E-state index is 0.00839. The Labute approximate surface area is 133 Å². The lowest BCUT2D eigenvalue weighted by molar-refractivity contribution is -0.0872. The number of methoxy groups -OCH3 is 1. The number of rotatable bonds is 7. The van der Waals surface area contributed by atoms with Crippen molar-refractivity contribution in [2.75, 3.05) is 20.5 Å². The average molecular weight is 351 g/mol. The lowest BCUT2D eigenvalue weighted by atomic mass is 9.89. The molecular weight excluding hydrogens is 332 g/mol. The number of benzene rings is 2. The summed E-state index contributed by atoms with van der Waals surface area (Å²) >= 11 is 3.43. The molecule has 0 saturated carbocycles. The fourth-order valence-electron chi connectivity index (χ4n) is 2.31. The van der Waals surface area contributed by atoms with E-state index in [2.05, 4.69) is 15.9 Å². The van der Waals surface area contributed by atoms with Gasteiger partial charge in [0, 0.05) is 17.5 Å². The van der Waals surface area contributed by atoms with E-state index in [1.807, 2.05) is 54.6 Å². The number of aliphatic hydroxyl groups excluding tert-OH is 1. The van der Waals surface area contributed by atoms with Crippen LogP contribution in [0.1, 0.15) is 23.1 Å². The summed E-state index contributed by atoms with van der Waals surface area (Å²) in [6.45, 7) is 0.193. The van der Waals surface area contributed by atoms with Gasteiger partial charge >= 0.3 is 0 Å². The maximum atomic E-state index is 9.84. The molecule has 0 aromatic heterocycles. The first-order chi connectivity index (χ1) is 10.3. The van der Waals surface area contributed by atoms with E-state index < -0.39 is 0 Å². The molecule has 0 bridgehead atoms. The van der Waals surface area contributed by atoms with Crippen molar-refractivity contribution >= 4 is 15.9 Å². The van der Waals surface area contributed by atoms with E-state index in [4.69, 9.17) is 9.47 Å². The Hall–Kier alpha value is -1.20. The van der Waals surface area contributed by atoms with Gasteiger partial charge in [0.15, 0.2) is 0 Å². The van der Waals surface area contributed by atoms with Gasteiger partial charge in [-0.2, -0.15) is 0 Å². The molecule has 0 aliphatic heterocycles. The summed E-state index contributed by atoms with van der Waals surface area (Å²) in [4.78, 5) is 0. The van der Waals surface area contributed by atoms with Gasteiger partial charge < -0.3 is 14.6 Å². The quantitative estimate of drug-likeness (QED) is 0.770. The van der Waals surface area contributed by atoms with Crippen LogP contribution in [-0.4, -0.2) is 25.6 Å². The Balaban J connectivity index is 2.31. The van der Waals surface area contributed by atoms with E-state index >= 15 is 0 Å². The maximum absolute atomic E-state index is 9.84. The Bertz CT molecular complexity index is 527. The van der Waals surface area contributed by atoms with E-state index in [9.17, 15) is 5.11 Å². The van der Waals surface area contributed by atoms with Crippen molar-refractivity contribution in [3.05, 3.63) is 70.2 Å². The first kappa shape index (κ1) is 16.2. The fraction of sp³-hybridized carbons (Fsp3) is 0.294. The molecule has 1 N–H and O–H groups in total. The zero-order chi connectivity index (χ0) is 15.1. The van der Waals surface area contributed by atoms with Crippen LogP contribution in [0.3, 0.4) is 0 Å². The van der Waals surface area contributed by atoms with Gasteiger partial charge in [-0.1, -0.05) is 58.4 Å². The molecule has 2 aromatic rings. The van der Waals surface area contributed by atoms with Crippen LogP contribution >= 0.6 is 15.9 Å². The Morgan fingerprint density at radius 2 is 1.67 bits per heavy atom. The van der Waals surface area contributed by atoms with Gasteiger partial charge in [0.2, 0.25) is 0 Å². The Kier molecular flexibility index (Phi) is 6.39. The van der Waals surface area contributed by atoms with Gasteiger partial charge in [-0.05, 0) is 23.3 Å². The molecule has 0 spiro atoms. The van der Waals surface area contributed by atoms with E-state index in [1.165, 1.54) is 0 Å². The van der Waals surface area contributed by atoms with Crippen molar-refractivity contribution in [2.45, 2.75) is 12.0 Å². The molecule has 2 atom stereocenters. The first-order valence-electron chi connectivity index (χ1n) is 6.78. The lowest BCUT2D eigenvalue weighted by Gasteiger charge is -2.26. The molecule has 0 saturated heterocycles. The summed E-state index contributed by atoms with van der Waals surface area (Å²) < 4.78 is 11.9. The van der Waals surface area contributed by atoms with E-state index in [0.29, 0.717) is 0 Å². The SMILES string of the molecule is COCO[C@@H](c1ccc(Br)cc1)[C@H](CO)c1ccccc1. The molecule has 0 unspecified atom stereocenters. The van der Waals surface area contributed by atoms with E-state index in [1.54, 1.807) is 7.11 Å². The lowest BCUT2D eigenvalue weighted by Crippen LogP contribution is -2.19. The number of hydrogen-bond donors (Lipinski definition) is 1. The molecule has 112 valence electrons. The largest absolute Gasteiger partial charge is 0.396 e. The predicted octanol–water partition coefficient (Wildman–Crippen LogP) is 3.89. The van der Waals surface area contributed by atoms with Gasteiger partial charge in [-0.25, -0.2) is 0 Å². The molecule has 21 heavy (non-hydrogen) atoms. The highest BCUT2D eigenvalue weighted by molar-refractivity contribution is 9.10. The Morgan fingerprint density at radius 1 is 1.00 bits per heavy atom. The zero-order valence-corrected chi connectivity index (χ0v) is 13.5. The van der Waals surface area contributed by atoms with Gasteiger partial charge in [-0.15, -0.1) is 0 Å². The van der Waals surface area contributed by atoms with Gasteiger partial charge in [0.1, 0.15) is 6.79 Å². The van der Waals surface area contributed by atoms with Gasteiger partial charge in [0.25, 0.3) is 0 Å². The Morgan fingerprint density at radius 3 is 2.24 bits per heavy atom. The highest BCUT2D eigenvalue weighted by atomic mass is 79.9. The van der Waals surface area contributed by atoms with Crippen LogP contribution in [0.4, 0.5) is 0 Å². The minimum atomic E-state index is -0.259. The third kappa shape index (κ3) is 4.38. The molecule has 0 aliphatic rings. The van der Waals surface area contributed by atoms with E-state index in [0.717, 1.165) is 15.6 Å². The van der Waals surface area contributed by atoms with Crippen molar-refractivity contribution in [1.82, 2.24) is 0 Å². The van der Waals surface area contributed by atoms with Crippen LogP contribution in [0, 0.1) is 0 Å². The first-order valence-corrected chi connectivity index (χ1v) is 7.57. The molecule has 0 aliphatic carbocycles. The monoisotopic (exact) mass is 350 g/mol. The second kappa shape index (κ2) is 8.29. The third-order valence-corrected chi connectivity index (χ3v) is 3.88. The summed E-state index contributed by atoms with van der Waals surface area (Å²) in [7, 11) is 1.59. The number of hydrogen-bond acceptors (Lipinski definition) is 3. The van der Waals surface area contributed by atoms with Gasteiger partial charge in [-0.3, -0.25) is 0 Å². The van der Waals surface area contributed by atoms with Crippen molar-refractivity contribution in [1.29, 1.82) is 0 Å². The predicted molar refractivity (Wildman–Crippen MR) is 86.1 cm³/mol. The summed E-state index contributed by atoms with van der Waals surface area (Å²) in [5, 5.41) is 9.84. The molecule has 0 fully saturated rings. The highest BCUT2D eigenvalue weighted by Crippen LogP contribution is 2.34. The maximum Gasteiger partial charge on any atom is 0.147 e. The molecule has 0 amide bonds. The topological polar surface area (TPSA) is 38.7 Å². The molecule has 0 heterocycles. The number of halogens is 1. The van der Waals surface area contributed by atoms with Crippen LogP contribution in [0.2, 0.25) is 0 Å². The van der Waals surface area contributed by atoms with Crippen LogP contribution in [0.25, 0.3) is 0 Å². The molecule has 3 nitrogen and oxygen atoms in total. The van der Waals surface area contributed by atoms with Gasteiger partial charge in [0.05, 0.1) is 12.7 Å². The second-order valence-electron chi connectivity index (χ2n) is 4.75. The normalized spacial score (nSPS) is 13.9. The van der Waals surface area contributed by atoms with Crippen molar-refractivity contribution in [3.8, 4) is 0 Å². The summed E-state index contributed by atoms with van der Waals surface area (Å²) in [6, 6.07) is 17.8. The van der Waals surface area contributed by atoms with Crippen LogP contribution in [-0.2, 0) is 9.47 Å². The number of ether oxygens (including phenoxy) is 2. The van der Waals surface area contributed by atoms with Crippen molar-refractivity contribution in [3.63, 3.8) is 0 Å². The van der Waals surface area contributed by atoms with Crippen LogP contribution < -0.4 is 0 Å². The van der Waals surface area contributed by atoms with E-state index in [-0.39, 0.29) is 25.4 Å².